The summed E-state index contributed by atoms with van der Waals surface area (Å²) < 4.78 is 9.70. The average Bonchev–Trinajstić information content (AvgIpc) is 3.11. The molecule has 1 heterocycles. The minimum Gasteiger partial charge on any atom is -0.459 e. The number of hydrogen-bond acceptors (Lipinski definition) is 8. The van der Waals surface area contributed by atoms with E-state index >= 15 is 0 Å². The van der Waals surface area contributed by atoms with E-state index in [0.29, 0.717) is 0 Å². The number of amides is 3. The summed E-state index contributed by atoms with van der Waals surface area (Å²) in [7, 11) is 0. The van der Waals surface area contributed by atoms with E-state index < -0.39 is 17.9 Å². The standard InChI is InChI=1S/C11H14N4O5S/c1-2-19-9(17)8-14-15-11(20-8)21-5-7(16)13-10(18)12-6-3-4-6/h6H,2-5H2,1H3,(H2,12,13,16,18). The smallest absolute Gasteiger partial charge is 0.396 e. The molecule has 0 spiro atoms. The number of rotatable bonds is 6. The Morgan fingerprint density at radius 2 is 2.14 bits per heavy atom. The molecule has 0 saturated heterocycles. The zero-order valence-electron chi connectivity index (χ0n) is 11.2. The van der Waals surface area contributed by atoms with Crippen molar-refractivity contribution < 1.29 is 23.5 Å². The van der Waals surface area contributed by atoms with Crippen LogP contribution in [-0.4, -0.2) is 46.5 Å². The zero-order valence-corrected chi connectivity index (χ0v) is 12.1. The van der Waals surface area contributed by atoms with Crippen LogP contribution in [0.2, 0.25) is 0 Å². The van der Waals surface area contributed by atoms with Crippen molar-refractivity contribution in [2.45, 2.75) is 31.0 Å². The molecule has 1 saturated carbocycles. The highest BCUT2D eigenvalue weighted by molar-refractivity contribution is 7.99. The van der Waals surface area contributed by atoms with Crippen LogP contribution in [0.15, 0.2) is 9.64 Å². The maximum Gasteiger partial charge on any atom is 0.396 e. The van der Waals surface area contributed by atoms with Gasteiger partial charge in [0.1, 0.15) is 0 Å². The molecule has 21 heavy (non-hydrogen) atoms. The lowest BCUT2D eigenvalue weighted by Crippen LogP contribution is -2.41. The summed E-state index contributed by atoms with van der Waals surface area (Å²) >= 11 is 0.921. The quantitative estimate of drug-likeness (QED) is 0.568. The van der Waals surface area contributed by atoms with Crippen LogP contribution in [0, 0.1) is 0 Å². The van der Waals surface area contributed by atoms with E-state index in [1.54, 1.807) is 6.92 Å². The molecule has 3 amide bonds. The van der Waals surface area contributed by atoms with Crippen molar-refractivity contribution in [2.75, 3.05) is 12.4 Å². The summed E-state index contributed by atoms with van der Waals surface area (Å²) in [6.45, 7) is 1.85. The maximum absolute atomic E-state index is 11.5. The summed E-state index contributed by atoms with van der Waals surface area (Å²) in [6.07, 6.45) is 1.88. The van der Waals surface area contributed by atoms with E-state index in [0.717, 1.165) is 24.6 Å². The maximum atomic E-state index is 11.5. The first-order valence-electron chi connectivity index (χ1n) is 6.32. The fraction of sp³-hybridized carbons (Fsp3) is 0.545. The van der Waals surface area contributed by atoms with Crippen LogP contribution in [-0.2, 0) is 9.53 Å². The third kappa shape index (κ3) is 5.06. The van der Waals surface area contributed by atoms with Crippen molar-refractivity contribution in [2.24, 2.45) is 0 Å². The minimum absolute atomic E-state index is 0.0517. The molecule has 1 aliphatic rings. The van der Waals surface area contributed by atoms with Gasteiger partial charge in [0.2, 0.25) is 5.91 Å². The Kier molecular flexibility index (Phi) is 5.14. The second-order valence-electron chi connectivity index (χ2n) is 4.18. The monoisotopic (exact) mass is 314 g/mol. The number of carbonyl (C=O) groups is 3. The lowest BCUT2D eigenvalue weighted by atomic mass is 10.6. The van der Waals surface area contributed by atoms with Gasteiger partial charge in [0.25, 0.3) is 5.22 Å². The predicted molar refractivity (Wildman–Crippen MR) is 70.7 cm³/mol. The van der Waals surface area contributed by atoms with E-state index in [1.807, 2.05) is 0 Å². The molecule has 0 aliphatic heterocycles. The Hall–Kier alpha value is -2.10. The summed E-state index contributed by atoms with van der Waals surface area (Å²) in [5.74, 6) is -1.56. The summed E-state index contributed by atoms with van der Waals surface area (Å²) in [4.78, 5) is 34.1. The van der Waals surface area contributed by atoms with E-state index in [-0.39, 0.29) is 29.5 Å². The molecule has 10 heteroatoms. The van der Waals surface area contributed by atoms with Crippen LogP contribution in [0.1, 0.15) is 30.5 Å². The van der Waals surface area contributed by atoms with Crippen LogP contribution in [0.25, 0.3) is 0 Å². The number of nitrogens with one attached hydrogen (secondary N) is 2. The molecule has 1 aliphatic carbocycles. The van der Waals surface area contributed by atoms with Crippen LogP contribution < -0.4 is 10.6 Å². The van der Waals surface area contributed by atoms with Gasteiger partial charge in [-0.2, -0.15) is 0 Å². The minimum atomic E-state index is -0.717. The number of esters is 1. The first-order valence-corrected chi connectivity index (χ1v) is 7.30. The van der Waals surface area contributed by atoms with E-state index in [2.05, 4.69) is 25.6 Å². The molecule has 1 aromatic heterocycles. The summed E-state index contributed by atoms with van der Waals surface area (Å²) in [5, 5.41) is 11.9. The molecule has 9 nitrogen and oxygen atoms in total. The van der Waals surface area contributed by atoms with Crippen LogP contribution in [0.4, 0.5) is 4.79 Å². The predicted octanol–water partition coefficient (Wildman–Crippen LogP) is 0.327. The molecule has 0 radical (unpaired) electrons. The molecule has 0 bridgehead atoms. The zero-order chi connectivity index (χ0) is 15.2. The van der Waals surface area contributed by atoms with Gasteiger partial charge in [-0.15, -0.1) is 5.10 Å². The SMILES string of the molecule is CCOC(=O)c1nnc(SCC(=O)NC(=O)NC2CC2)o1. The van der Waals surface area contributed by atoms with Gasteiger partial charge in [-0.3, -0.25) is 10.1 Å². The molecule has 2 rings (SSSR count). The summed E-state index contributed by atoms with van der Waals surface area (Å²) in [6, 6.07) is -0.339. The second-order valence-corrected chi connectivity index (χ2v) is 5.10. The molecule has 1 aromatic rings. The largest absolute Gasteiger partial charge is 0.459 e. The third-order valence-corrected chi connectivity index (χ3v) is 3.17. The Balaban J connectivity index is 1.73. The first kappa shape index (κ1) is 15.3. The van der Waals surface area contributed by atoms with Gasteiger partial charge < -0.3 is 14.5 Å². The number of hydrogen-bond donors (Lipinski definition) is 2. The third-order valence-electron chi connectivity index (χ3n) is 2.35. The van der Waals surface area contributed by atoms with Gasteiger partial charge in [-0.25, -0.2) is 9.59 Å². The van der Waals surface area contributed by atoms with Crippen LogP contribution >= 0.6 is 11.8 Å². The van der Waals surface area contributed by atoms with Crippen LogP contribution in [0.3, 0.4) is 0 Å². The van der Waals surface area contributed by atoms with Crippen molar-refractivity contribution >= 4 is 29.7 Å². The molecule has 114 valence electrons. The summed E-state index contributed by atoms with van der Waals surface area (Å²) in [5.41, 5.74) is 0. The van der Waals surface area contributed by atoms with E-state index in [4.69, 9.17) is 4.42 Å². The lowest BCUT2D eigenvalue weighted by Gasteiger charge is -2.03. The van der Waals surface area contributed by atoms with Gasteiger partial charge >= 0.3 is 17.9 Å². The van der Waals surface area contributed by atoms with Gasteiger partial charge in [-0.05, 0) is 19.8 Å². The van der Waals surface area contributed by atoms with Crippen molar-refractivity contribution in [3.63, 3.8) is 0 Å². The lowest BCUT2D eigenvalue weighted by molar-refractivity contribution is -0.117. The Morgan fingerprint density at radius 1 is 1.38 bits per heavy atom. The van der Waals surface area contributed by atoms with Gasteiger partial charge in [0, 0.05) is 6.04 Å². The number of thioether (sulfide) groups is 1. The fourth-order valence-corrected chi connectivity index (χ4v) is 1.85. The number of nitrogens with zero attached hydrogens (tertiary/aromatic N) is 2. The molecule has 0 atom stereocenters. The molecule has 0 unspecified atom stereocenters. The Bertz CT molecular complexity index is 542. The number of imide groups is 1. The molecule has 1 fully saturated rings. The van der Waals surface area contributed by atoms with Crippen molar-refractivity contribution in [3.8, 4) is 0 Å². The Labute approximate surface area is 124 Å². The topological polar surface area (TPSA) is 123 Å². The van der Waals surface area contributed by atoms with E-state index in [9.17, 15) is 14.4 Å². The number of aromatic nitrogens is 2. The van der Waals surface area contributed by atoms with Gasteiger partial charge in [0.05, 0.1) is 12.4 Å². The number of ether oxygens (including phenoxy) is 1. The highest BCUT2D eigenvalue weighted by Crippen LogP contribution is 2.18. The van der Waals surface area contributed by atoms with E-state index in [1.165, 1.54) is 0 Å². The van der Waals surface area contributed by atoms with Crippen molar-refractivity contribution in [1.29, 1.82) is 0 Å². The molecule has 0 aromatic carbocycles. The normalized spacial score (nSPS) is 13.6. The highest BCUT2D eigenvalue weighted by Gasteiger charge is 2.24. The molecule has 2 N–H and O–H groups in total. The Morgan fingerprint density at radius 3 is 2.81 bits per heavy atom. The van der Waals surface area contributed by atoms with Gasteiger partial charge in [0.15, 0.2) is 0 Å². The fourth-order valence-electron chi connectivity index (χ4n) is 1.28. The van der Waals surface area contributed by atoms with Crippen LogP contribution in [0.5, 0.6) is 0 Å². The molecular weight excluding hydrogens is 300 g/mol. The van der Waals surface area contributed by atoms with Crippen molar-refractivity contribution in [1.82, 2.24) is 20.8 Å². The molecular formula is C11H14N4O5S. The van der Waals surface area contributed by atoms with Gasteiger partial charge in [-0.1, -0.05) is 16.9 Å². The average molecular weight is 314 g/mol. The second kappa shape index (κ2) is 7.07. The van der Waals surface area contributed by atoms with Crippen molar-refractivity contribution in [3.05, 3.63) is 5.89 Å². The number of carbonyl (C=O) groups excluding carboxylic acids is 3. The number of urea groups is 1. The first-order chi connectivity index (χ1) is 10.1. The highest BCUT2D eigenvalue weighted by atomic mass is 32.2.